The maximum absolute atomic E-state index is 11.6. The molecule has 88 valence electrons. The third-order valence-electron chi connectivity index (χ3n) is 1.99. The molecule has 0 atom stereocenters. The van der Waals surface area contributed by atoms with Crippen molar-refractivity contribution in [1.29, 1.82) is 0 Å². The van der Waals surface area contributed by atoms with E-state index in [1.165, 1.54) is 0 Å². The van der Waals surface area contributed by atoms with Gasteiger partial charge in [0.05, 0.1) is 13.2 Å². The van der Waals surface area contributed by atoms with Crippen LogP contribution in [0.4, 0.5) is 0 Å². The average molecular weight is 223 g/mol. The standard InChI is InChI=1S/C12H17NO3/c1-2-15-12(14)10-6-3-4-7-11(10)16-9-5-8-13/h3-4,6-7H,2,5,8-9,13H2,1H3. The zero-order valence-electron chi connectivity index (χ0n) is 9.44. The first-order valence-electron chi connectivity index (χ1n) is 5.38. The summed E-state index contributed by atoms with van der Waals surface area (Å²) in [5.41, 5.74) is 5.83. The Hall–Kier alpha value is -1.55. The molecule has 0 aliphatic rings. The Morgan fingerprint density at radius 2 is 2.12 bits per heavy atom. The van der Waals surface area contributed by atoms with Crippen molar-refractivity contribution in [3.05, 3.63) is 29.8 Å². The number of esters is 1. The molecule has 0 radical (unpaired) electrons. The first kappa shape index (κ1) is 12.5. The predicted octanol–water partition coefficient (Wildman–Crippen LogP) is 1.59. The number of para-hydroxylation sites is 1. The minimum Gasteiger partial charge on any atom is -0.493 e. The third kappa shape index (κ3) is 3.55. The van der Waals surface area contributed by atoms with E-state index < -0.39 is 0 Å². The second kappa shape index (κ2) is 6.85. The normalized spacial score (nSPS) is 9.88. The molecule has 1 rings (SSSR count). The van der Waals surface area contributed by atoms with Crippen LogP contribution in [0.2, 0.25) is 0 Å². The van der Waals surface area contributed by atoms with Crippen LogP contribution in [0.3, 0.4) is 0 Å². The van der Waals surface area contributed by atoms with Crippen molar-refractivity contribution in [3.8, 4) is 5.75 Å². The van der Waals surface area contributed by atoms with E-state index in [1.54, 1.807) is 25.1 Å². The fourth-order valence-electron chi connectivity index (χ4n) is 1.24. The van der Waals surface area contributed by atoms with Gasteiger partial charge in [0.2, 0.25) is 0 Å². The van der Waals surface area contributed by atoms with E-state index in [0.717, 1.165) is 6.42 Å². The van der Waals surface area contributed by atoms with Crippen LogP contribution in [0.25, 0.3) is 0 Å². The Morgan fingerprint density at radius 1 is 1.38 bits per heavy atom. The molecular formula is C12H17NO3. The van der Waals surface area contributed by atoms with Gasteiger partial charge in [-0.3, -0.25) is 0 Å². The summed E-state index contributed by atoms with van der Waals surface area (Å²) in [4.78, 5) is 11.6. The molecule has 0 aliphatic carbocycles. The highest BCUT2D eigenvalue weighted by Gasteiger charge is 2.12. The highest BCUT2D eigenvalue weighted by Crippen LogP contribution is 2.18. The number of carbonyl (C=O) groups is 1. The van der Waals surface area contributed by atoms with Crippen LogP contribution in [0.5, 0.6) is 5.75 Å². The van der Waals surface area contributed by atoms with Gasteiger partial charge in [0, 0.05) is 0 Å². The number of rotatable bonds is 6. The van der Waals surface area contributed by atoms with Crippen molar-refractivity contribution in [2.75, 3.05) is 19.8 Å². The van der Waals surface area contributed by atoms with Gasteiger partial charge in [0.15, 0.2) is 0 Å². The second-order valence-electron chi connectivity index (χ2n) is 3.21. The summed E-state index contributed by atoms with van der Waals surface area (Å²) in [6.45, 7) is 3.21. The zero-order valence-corrected chi connectivity index (χ0v) is 9.44. The van der Waals surface area contributed by atoms with E-state index in [9.17, 15) is 4.79 Å². The van der Waals surface area contributed by atoms with Crippen LogP contribution in [0, 0.1) is 0 Å². The summed E-state index contributed by atoms with van der Waals surface area (Å²) in [5.74, 6) is 0.195. The molecule has 0 spiro atoms. The fraction of sp³-hybridized carbons (Fsp3) is 0.417. The van der Waals surface area contributed by atoms with Gasteiger partial charge < -0.3 is 15.2 Å². The van der Waals surface area contributed by atoms with Crippen molar-refractivity contribution < 1.29 is 14.3 Å². The maximum atomic E-state index is 11.6. The number of hydrogen-bond donors (Lipinski definition) is 1. The Labute approximate surface area is 95.3 Å². The van der Waals surface area contributed by atoms with E-state index in [-0.39, 0.29) is 5.97 Å². The molecule has 0 bridgehead atoms. The minimum atomic E-state index is -0.356. The first-order valence-corrected chi connectivity index (χ1v) is 5.38. The van der Waals surface area contributed by atoms with E-state index in [1.807, 2.05) is 6.07 Å². The molecular weight excluding hydrogens is 206 g/mol. The van der Waals surface area contributed by atoms with Crippen LogP contribution in [-0.4, -0.2) is 25.7 Å². The number of hydrogen-bond acceptors (Lipinski definition) is 4. The number of benzene rings is 1. The van der Waals surface area contributed by atoms with Crippen molar-refractivity contribution in [2.24, 2.45) is 5.73 Å². The van der Waals surface area contributed by atoms with Crippen LogP contribution in [-0.2, 0) is 4.74 Å². The summed E-state index contributed by atoms with van der Waals surface area (Å²) in [6.07, 6.45) is 0.761. The summed E-state index contributed by atoms with van der Waals surface area (Å²) >= 11 is 0. The quantitative estimate of drug-likeness (QED) is 0.587. The van der Waals surface area contributed by atoms with E-state index in [2.05, 4.69) is 0 Å². The molecule has 0 unspecified atom stereocenters. The van der Waals surface area contributed by atoms with Crippen molar-refractivity contribution in [1.82, 2.24) is 0 Å². The van der Waals surface area contributed by atoms with E-state index in [0.29, 0.717) is 31.1 Å². The number of carbonyl (C=O) groups excluding carboxylic acids is 1. The Morgan fingerprint density at radius 3 is 2.81 bits per heavy atom. The van der Waals surface area contributed by atoms with Gasteiger partial charge in [-0.1, -0.05) is 12.1 Å². The molecule has 0 amide bonds. The van der Waals surface area contributed by atoms with Gasteiger partial charge in [-0.25, -0.2) is 4.79 Å². The minimum absolute atomic E-state index is 0.356. The number of ether oxygens (including phenoxy) is 2. The number of nitrogens with two attached hydrogens (primary N) is 1. The lowest BCUT2D eigenvalue weighted by Gasteiger charge is -2.09. The Bertz CT molecular complexity index is 339. The van der Waals surface area contributed by atoms with E-state index >= 15 is 0 Å². The van der Waals surface area contributed by atoms with Gasteiger partial charge in [0.25, 0.3) is 0 Å². The largest absolute Gasteiger partial charge is 0.493 e. The first-order chi connectivity index (χ1) is 7.79. The van der Waals surface area contributed by atoms with Gasteiger partial charge in [-0.05, 0) is 32.0 Å². The topological polar surface area (TPSA) is 61.5 Å². The molecule has 0 saturated heterocycles. The maximum Gasteiger partial charge on any atom is 0.341 e. The molecule has 0 fully saturated rings. The van der Waals surface area contributed by atoms with Gasteiger partial charge in [0.1, 0.15) is 11.3 Å². The van der Waals surface area contributed by atoms with Gasteiger partial charge in [-0.2, -0.15) is 0 Å². The summed E-state index contributed by atoms with van der Waals surface area (Å²) in [7, 11) is 0. The highest BCUT2D eigenvalue weighted by molar-refractivity contribution is 5.92. The van der Waals surface area contributed by atoms with Crippen LogP contribution >= 0.6 is 0 Å². The summed E-state index contributed by atoms with van der Waals surface area (Å²) < 4.78 is 10.4. The molecule has 0 aliphatic heterocycles. The molecule has 1 aromatic carbocycles. The Balaban J connectivity index is 2.71. The van der Waals surface area contributed by atoms with E-state index in [4.69, 9.17) is 15.2 Å². The predicted molar refractivity (Wildman–Crippen MR) is 61.6 cm³/mol. The van der Waals surface area contributed by atoms with Crippen molar-refractivity contribution in [2.45, 2.75) is 13.3 Å². The third-order valence-corrected chi connectivity index (χ3v) is 1.99. The van der Waals surface area contributed by atoms with Crippen LogP contribution in [0.1, 0.15) is 23.7 Å². The summed E-state index contributed by atoms with van der Waals surface area (Å²) in [5, 5.41) is 0. The molecule has 2 N–H and O–H groups in total. The van der Waals surface area contributed by atoms with Gasteiger partial charge in [-0.15, -0.1) is 0 Å². The molecule has 16 heavy (non-hydrogen) atoms. The molecule has 4 heteroatoms. The molecule has 0 saturated carbocycles. The molecule has 0 heterocycles. The molecule has 4 nitrogen and oxygen atoms in total. The highest BCUT2D eigenvalue weighted by atomic mass is 16.5. The SMILES string of the molecule is CCOC(=O)c1ccccc1OCCCN. The molecule has 0 aromatic heterocycles. The lowest BCUT2D eigenvalue weighted by Crippen LogP contribution is -2.10. The smallest absolute Gasteiger partial charge is 0.341 e. The monoisotopic (exact) mass is 223 g/mol. The fourth-order valence-corrected chi connectivity index (χ4v) is 1.24. The zero-order chi connectivity index (χ0) is 11.8. The van der Waals surface area contributed by atoms with Crippen LogP contribution in [0.15, 0.2) is 24.3 Å². The second-order valence-corrected chi connectivity index (χ2v) is 3.21. The van der Waals surface area contributed by atoms with Crippen molar-refractivity contribution in [3.63, 3.8) is 0 Å². The Kier molecular flexibility index (Phi) is 5.36. The average Bonchev–Trinajstić information content (AvgIpc) is 2.30. The lowest BCUT2D eigenvalue weighted by molar-refractivity contribution is 0.0521. The van der Waals surface area contributed by atoms with Crippen LogP contribution < -0.4 is 10.5 Å². The lowest BCUT2D eigenvalue weighted by atomic mass is 10.2. The van der Waals surface area contributed by atoms with Gasteiger partial charge >= 0.3 is 5.97 Å². The molecule has 1 aromatic rings. The van der Waals surface area contributed by atoms with Crippen molar-refractivity contribution >= 4 is 5.97 Å². The summed E-state index contributed by atoms with van der Waals surface area (Å²) in [6, 6.07) is 7.04.